The maximum absolute atomic E-state index is 11.9. The van der Waals surface area contributed by atoms with Gasteiger partial charge in [0.05, 0.1) is 9.90 Å². The molecule has 94 valence electrons. The molecule has 2 rings (SSSR count). The number of halogens is 3. The van der Waals surface area contributed by atoms with Gasteiger partial charge < -0.3 is 5.32 Å². The van der Waals surface area contributed by atoms with Gasteiger partial charge in [-0.3, -0.25) is 4.79 Å². The Labute approximate surface area is 123 Å². The van der Waals surface area contributed by atoms with Gasteiger partial charge in [-0.1, -0.05) is 46.9 Å². The predicted molar refractivity (Wildman–Crippen MR) is 77.0 cm³/mol. The van der Waals surface area contributed by atoms with Crippen molar-refractivity contribution >= 4 is 52.0 Å². The maximum Gasteiger partial charge on any atom is 0.253 e. The SMILES string of the molecule is O=C(NCc1cccc(Cl)c1)c1cc(Cl)sc1Cl. The molecule has 0 saturated heterocycles. The number of carbonyl (C=O) groups is 1. The van der Waals surface area contributed by atoms with Crippen LogP contribution in [0.1, 0.15) is 15.9 Å². The highest BCUT2D eigenvalue weighted by Gasteiger charge is 2.13. The van der Waals surface area contributed by atoms with Gasteiger partial charge in [-0.15, -0.1) is 11.3 Å². The number of hydrogen-bond acceptors (Lipinski definition) is 2. The molecule has 2 nitrogen and oxygen atoms in total. The van der Waals surface area contributed by atoms with Crippen LogP contribution in [-0.4, -0.2) is 5.91 Å². The van der Waals surface area contributed by atoms with Crippen LogP contribution >= 0.6 is 46.1 Å². The first-order valence-electron chi connectivity index (χ1n) is 5.04. The number of benzene rings is 1. The van der Waals surface area contributed by atoms with Gasteiger partial charge in [-0.25, -0.2) is 0 Å². The third-order valence-electron chi connectivity index (χ3n) is 2.24. The Morgan fingerprint density at radius 1 is 1.22 bits per heavy atom. The highest BCUT2D eigenvalue weighted by Crippen LogP contribution is 2.31. The van der Waals surface area contributed by atoms with Gasteiger partial charge in [-0.05, 0) is 23.8 Å². The van der Waals surface area contributed by atoms with E-state index < -0.39 is 0 Å². The highest BCUT2D eigenvalue weighted by molar-refractivity contribution is 7.20. The van der Waals surface area contributed by atoms with Crippen molar-refractivity contribution in [2.24, 2.45) is 0 Å². The average Bonchev–Trinajstić information content (AvgIpc) is 2.66. The van der Waals surface area contributed by atoms with E-state index in [1.165, 1.54) is 11.3 Å². The van der Waals surface area contributed by atoms with Crippen molar-refractivity contribution < 1.29 is 4.79 Å². The highest BCUT2D eigenvalue weighted by atomic mass is 35.5. The molecule has 0 bridgehead atoms. The Kier molecular flexibility index (Phi) is 4.51. The van der Waals surface area contributed by atoms with E-state index in [1.54, 1.807) is 18.2 Å². The molecular weight excluding hydrogens is 313 g/mol. The molecule has 0 unspecified atom stereocenters. The smallest absolute Gasteiger partial charge is 0.253 e. The summed E-state index contributed by atoms with van der Waals surface area (Å²) >= 11 is 18.7. The monoisotopic (exact) mass is 319 g/mol. The van der Waals surface area contributed by atoms with Crippen LogP contribution in [0.15, 0.2) is 30.3 Å². The van der Waals surface area contributed by atoms with E-state index in [4.69, 9.17) is 34.8 Å². The summed E-state index contributed by atoms with van der Waals surface area (Å²) < 4.78 is 0.886. The molecule has 0 spiro atoms. The Balaban J connectivity index is 2.03. The third kappa shape index (κ3) is 3.39. The minimum absolute atomic E-state index is 0.247. The predicted octanol–water partition coefficient (Wildman–Crippen LogP) is 4.64. The van der Waals surface area contributed by atoms with Gasteiger partial charge in [0.25, 0.3) is 5.91 Å². The molecule has 6 heteroatoms. The second-order valence-electron chi connectivity index (χ2n) is 3.55. The molecule has 1 heterocycles. The van der Waals surface area contributed by atoms with Crippen molar-refractivity contribution in [2.75, 3.05) is 0 Å². The van der Waals surface area contributed by atoms with Gasteiger partial charge >= 0.3 is 0 Å². The molecule has 0 aliphatic carbocycles. The lowest BCUT2D eigenvalue weighted by atomic mass is 10.2. The van der Waals surface area contributed by atoms with Crippen molar-refractivity contribution in [3.8, 4) is 0 Å². The lowest BCUT2D eigenvalue weighted by Gasteiger charge is -2.04. The van der Waals surface area contributed by atoms with Crippen LogP contribution in [0.25, 0.3) is 0 Å². The van der Waals surface area contributed by atoms with Crippen molar-refractivity contribution in [1.29, 1.82) is 0 Å². The summed E-state index contributed by atoms with van der Waals surface area (Å²) in [6.45, 7) is 0.392. The Morgan fingerprint density at radius 2 is 2.00 bits per heavy atom. The molecule has 0 aliphatic heterocycles. The summed E-state index contributed by atoms with van der Waals surface area (Å²) in [6, 6.07) is 8.85. The Bertz CT molecular complexity index is 582. The molecular formula is C12H8Cl3NOS. The zero-order valence-corrected chi connectivity index (χ0v) is 12.1. The number of thiophene rings is 1. The van der Waals surface area contributed by atoms with Crippen molar-refractivity contribution in [3.05, 3.63) is 55.2 Å². The first-order valence-corrected chi connectivity index (χ1v) is 6.99. The first-order chi connectivity index (χ1) is 8.56. The summed E-state index contributed by atoms with van der Waals surface area (Å²) in [5.41, 5.74) is 1.32. The molecule has 2 aromatic rings. The second kappa shape index (κ2) is 5.93. The van der Waals surface area contributed by atoms with Gasteiger partial charge in [0, 0.05) is 11.6 Å². The molecule has 0 atom stereocenters. The van der Waals surface area contributed by atoms with Gasteiger partial charge in [0.1, 0.15) is 4.34 Å². The van der Waals surface area contributed by atoms with Crippen LogP contribution < -0.4 is 5.32 Å². The topological polar surface area (TPSA) is 29.1 Å². The fourth-order valence-corrected chi connectivity index (χ4v) is 3.09. The minimum atomic E-state index is -0.247. The number of rotatable bonds is 3. The Morgan fingerprint density at radius 3 is 2.61 bits per heavy atom. The fraction of sp³-hybridized carbons (Fsp3) is 0.0833. The number of amides is 1. The Hall–Kier alpha value is -0.740. The van der Waals surface area contributed by atoms with E-state index in [9.17, 15) is 4.79 Å². The molecule has 0 fully saturated rings. The molecule has 1 N–H and O–H groups in total. The van der Waals surface area contributed by atoms with Crippen LogP contribution in [0, 0.1) is 0 Å². The number of carbonyl (C=O) groups excluding carboxylic acids is 1. The maximum atomic E-state index is 11.9. The zero-order valence-electron chi connectivity index (χ0n) is 9.04. The van der Waals surface area contributed by atoms with E-state index in [1.807, 2.05) is 12.1 Å². The first kappa shape index (κ1) is 13.7. The summed E-state index contributed by atoms with van der Waals surface area (Å²) in [6.07, 6.45) is 0. The number of hydrogen-bond donors (Lipinski definition) is 1. The third-order valence-corrected chi connectivity index (χ3v) is 3.97. The molecule has 1 aromatic carbocycles. The zero-order chi connectivity index (χ0) is 13.1. The van der Waals surface area contributed by atoms with E-state index in [2.05, 4.69) is 5.32 Å². The summed E-state index contributed by atoms with van der Waals surface area (Å²) in [4.78, 5) is 11.9. The lowest BCUT2D eigenvalue weighted by Crippen LogP contribution is -2.22. The molecule has 1 amide bonds. The average molecular weight is 321 g/mol. The molecule has 0 saturated carbocycles. The van der Waals surface area contributed by atoms with Crippen molar-refractivity contribution in [3.63, 3.8) is 0 Å². The summed E-state index contributed by atoms with van der Waals surface area (Å²) in [5, 5.41) is 3.40. The lowest BCUT2D eigenvalue weighted by molar-refractivity contribution is 0.0951. The molecule has 1 aromatic heterocycles. The van der Waals surface area contributed by atoms with Crippen LogP contribution in [0.2, 0.25) is 13.7 Å². The van der Waals surface area contributed by atoms with Crippen LogP contribution in [0.5, 0.6) is 0 Å². The van der Waals surface area contributed by atoms with Gasteiger partial charge in [-0.2, -0.15) is 0 Å². The van der Waals surface area contributed by atoms with E-state index in [0.717, 1.165) is 5.56 Å². The summed E-state index contributed by atoms with van der Waals surface area (Å²) in [5.74, 6) is -0.247. The molecule has 0 aliphatic rings. The van der Waals surface area contributed by atoms with E-state index in [-0.39, 0.29) is 5.91 Å². The molecule has 0 radical (unpaired) electrons. The standard InChI is InChI=1S/C12H8Cl3NOS/c13-8-3-1-2-7(4-8)6-16-12(17)9-5-10(14)18-11(9)15/h1-5H,6H2,(H,16,17). The quantitative estimate of drug-likeness (QED) is 0.877. The van der Waals surface area contributed by atoms with E-state index in [0.29, 0.717) is 25.8 Å². The minimum Gasteiger partial charge on any atom is -0.348 e. The fourth-order valence-electron chi connectivity index (χ4n) is 1.42. The van der Waals surface area contributed by atoms with Crippen LogP contribution in [0.4, 0.5) is 0 Å². The van der Waals surface area contributed by atoms with Crippen molar-refractivity contribution in [2.45, 2.75) is 6.54 Å². The van der Waals surface area contributed by atoms with Crippen LogP contribution in [0.3, 0.4) is 0 Å². The van der Waals surface area contributed by atoms with Crippen molar-refractivity contribution in [1.82, 2.24) is 5.32 Å². The number of nitrogens with one attached hydrogen (secondary N) is 1. The van der Waals surface area contributed by atoms with E-state index >= 15 is 0 Å². The largest absolute Gasteiger partial charge is 0.348 e. The second-order valence-corrected chi connectivity index (χ2v) is 6.27. The molecule has 18 heavy (non-hydrogen) atoms. The normalized spacial score (nSPS) is 10.4. The van der Waals surface area contributed by atoms with Gasteiger partial charge in [0.15, 0.2) is 0 Å². The van der Waals surface area contributed by atoms with Crippen LogP contribution in [-0.2, 0) is 6.54 Å². The van der Waals surface area contributed by atoms with Gasteiger partial charge in [0.2, 0.25) is 0 Å². The summed E-state index contributed by atoms with van der Waals surface area (Å²) in [7, 11) is 0.